The summed E-state index contributed by atoms with van der Waals surface area (Å²) in [7, 11) is 0. The van der Waals surface area contributed by atoms with Crippen LogP contribution in [0.4, 0.5) is 0 Å². The second-order valence-electron chi connectivity index (χ2n) is 3.62. The van der Waals surface area contributed by atoms with Crippen molar-refractivity contribution in [1.82, 2.24) is 0 Å². The fourth-order valence-corrected chi connectivity index (χ4v) is 1.50. The topological polar surface area (TPSA) is 86.7 Å². The van der Waals surface area contributed by atoms with E-state index < -0.39 is 12.1 Å². The van der Waals surface area contributed by atoms with Gasteiger partial charge in [0.1, 0.15) is 11.5 Å². The van der Waals surface area contributed by atoms with E-state index in [0.29, 0.717) is 12.0 Å². The van der Waals surface area contributed by atoms with Gasteiger partial charge in [0.2, 0.25) is 0 Å². The van der Waals surface area contributed by atoms with Gasteiger partial charge in [-0.2, -0.15) is 0 Å². The van der Waals surface area contributed by atoms with Crippen molar-refractivity contribution in [3.63, 3.8) is 0 Å². The van der Waals surface area contributed by atoms with Crippen molar-refractivity contribution >= 4 is 12.4 Å². The zero-order chi connectivity index (χ0) is 11.4. The number of aliphatic hydroxyl groups is 1. The summed E-state index contributed by atoms with van der Waals surface area (Å²) in [5, 5.41) is 28.3. The van der Waals surface area contributed by atoms with Crippen LogP contribution < -0.4 is 5.73 Å². The first-order chi connectivity index (χ1) is 7.06. The van der Waals surface area contributed by atoms with Crippen molar-refractivity contribution in [1.29, 1.82) is 0 Å². The Morgan fingerprint density at radius 3 is 2.44 bits per heavy atom. The first-order valence-electron chi connectivity index (χ1n) is 5.01. The summed E-state index contributed by atoms with van der Waals surface area (Å²) in [5.74, 6) is -0.105. The summed E-state index contributed by atoms with van der Waals surface area (Å²) in [5.41, 5.74) is 6.24. The lowest BCUT2D eigenvalue weighted by Crippen LogP contribution is -2.25. The van der Waals surface area contributed by atoms with Gasteiger partial charge in [-0.3, -0.25) is 0 Å². The average Bonchev–Trinajstić information content (AvgIpc) is 2.17. The third-order valence-electron chi connectivity index (χ3n) is 2.37. The van der Waals surface area contributed by atoms with E-state index in [1.807, 2.05) is 6.92 Å². The van der Waals surface area contributed by atoms with Gasteiger partial charge in [-0.1, -0.05) is 13.3 Å². The Hall–Kier alpha value is -0.970. The van der Waals surface area contributed by atoms with Crippen LogP contribution in [0.2, 0.25) is 0 Å². The summed E-state index contributed by atoms with van der Waals surface area (Å²) in [6.45, 7) is 1.95. The molecule has 1 aromatic carbocycles. The van der Waals surface area contributed by atoms with Crippen molar-refractivity contribution in [2.75, 3.05) is 0 Å². The highest BCUT2D eigenvalue weighted by Crippen LogP contribution is 2.29. The van der Waals surface area contributed by atoms with Crippen molar-refractivity contribution in [3.8, 4) is 11.5 Å². The highest BCUT2D eigenvalue weighted by molar-refractivity contribution is 5.85. The Labute approximate surface area is 101 Å². The molecule has 4 nitrogen and oxygen atoms in total. The van der Waals surface area contributed by atoms with Gasteiger partial charge < -0.3 is 21.1 Å². The van der Waals surface area contributed by atoms with Gasteiger partial charge >= 0.3 is 0 Å². The molecule has 0 radical (unpaired) electrons. The number of aromatic hydroxyl groups is 2. The fourth-order valence-electron chi connectivity index (χ4n) is 1.50. The number of nitrogens with two attached hydrogens (primary N) is 1. The van der Waals surface area contributed by atoms with E-state index in [0.717, 1.165) is 6.42 Å². The molecule has 0 amide bonds. The quantitative estimate of drug-likeness (QED) is 0.652. The van der Waals surface area contributed by atoms with Crippen molar-refractivity contribution in [2.24, 2.45) is 5.73 Å². The number of phenols is 2. The minimum Gasteiger partial charge on any atom is -0.508 e. The Kier molecular flexibility index (Phi) is 6.18. The minimum absolute atomic E-state index is 0. The fraction of sp³-hybridized carbons (Fsp3) is 0.455. The molecule has 0 aliphatic carbocycles. The smallest absolute Gasteiger partial charge is 0.124 e. The number of halogens is 1. The maximum Gasteiger partial charge on any atom is 0.124 e. The molecule has 92 valence electrons. The van der Waals surface area contributed by atoms with Crippen LogP contribution in [0.25, 0.3) is 0 Å². The largest absolute Gasteiger partial charge is 0.508 e. The highest BCUT2D eigenvalue weighted by Gasteiger charge is 2.19. The van der Waals surface area contributed by atoms with E-state index in [4.69, 9.17) is 10.8 Å². The molecule has 0 fully saturated rings. The van der Waals surface area contributed by atoms with Crippen LogP contribution in [-0.4, -0.2) is 21.4 Å². The second-order valence-corrected chi connectivity index (χ2v) is 3.62. The molecule has 0 spiro atoms. The Morgan fingerprint density at radius 1 is 1.31 bits per heavy atom. The number of benzene rings is 1. The van der Waals surface area contributed by atoms with Crippen LogP contribution in [0.5, 0.6) is 11.5 Å². The Bertz CT molecular complexity index is 333. The number of hydrogen-bond donors (Lipinski definition) is 4. The molecule has 1 rings (SSSR count). The predicted octanol–water partition coefficient (Wildman–Crippen LogP) is 1.68. The summed E-state index contributed by atoms with van der Waals surface area (Å²) < 4.78 is 0. The highest BCUT2D eigenvalue weighted by atomic mass is 35.5. The molecule has 2 atom stereocenters. The van der Waals surface area contributed by atoms with E-state index >= 15 is 0 Å². The first-order valence-corrected chi connectivity index (χ1v) is 5.01. The third-order valence-corrected chi connectivity index (χ3v) is 2.37. The van der Waals surface area contributed by atoms with Crippen LogP contribution in [0.3, 0.4) is 0 Å². The summed E-state index contributed by atoms with van der Waals surface area (Å²) >= 11 is 0. The number of phenolic OH excluding ortho intramolecular Hbond substituents is 2. The van der Waals surface area contributed by atoms with Crippen molar-refractivity contribution < 1.29 is 15.3 Å². The Balaban J connectivity index is 0.00000225. The predicted molar refractivity (Wildman–Crippen MR) is 64.9 cm³/mol. The lowest BCUT2D eigenvalue weighted by Gasteiger charge is -2.19. The molecule has 0 aromatic heterocycles. The van der Waals surface area contributed by atoms with E-state index in [9.17, 15) is 10.2 Å². The molecule has 5 N–H and O–H groups in total. The zero-order valence-electron chi connectivity index (χ0n) is 9.13. The van der Waals surface area contributed by atoms with Crippen LogP contribution >= 0.6 is 12.4 Å². The van der Waals surface area contributed by atoms with Gasteiger partial charge in [0.15, 0.2) is 0 Å². The maximum atomic E-state index is 9.67. The summed E-state index contributed by atoms with van der Waals surface area (Å²) in [4.78, 5) is 0. The normalized spacial score (nSPS) is 13.9. The second kappa shape index (κ2) is 6.58. The van der Waals surface area contributed by atoms with Crippen LogP contribution in [0.15, 0.2) is 18.2 Å². The summed E-state index contributed by atoms with van der Waals surface area (Å²) in [6.07, 6.45) is 0.736. The number of rotatable bonds is 4. The lowest BCUT2D eigenvalue weighted by atomic mass is 9.98. The molecule has 5 heteroatoms. The molecule has 0 aliphatic rings. The molecule has 16 heavy (non-hydrogen) atoms. The van der Waals surface area contributed by atoms with Gasteiger partial charge in [-0.05, 0) is 18.6 Å². The third kappa shape index (κ3) is 3.56. The molecule has 0 bridgehead atoms. The van der Waals surface area contributed by atoms with E-state index in [-0.39, 0.29) is 23.9 Å². The SMILES string of the molecule is CCC[C@H](O)[C@H](N)c1ccc(O)cc1O.Cl. The van der Waals surface area contributed by atoms with E-state index in [2.05, 4.69) is 0 Å². The first kappa shape index (κ1) is 15.0. The number of aliphatic hydroxyl groups excluding tert-OH is 1. The summed E-state index contributed by atoms with van der Waals surface area (Å²) in [6, 6.07) is 3.56. The Morgan fingerprint density at radius 2 is 1.94 bits per heavy atom. The van der Waals surface area contributed by atoms with Crippen molar-refractivity contribution in [3.05, 3.63) is 23.8 Å². The molecule has 0 saturated carbocycles. The molecular weight excluding hydrogens is 230 g/mol. The van der Waals surface area contributed by atoms with E-state index in [1.54, 1.807) is 0 Å². The molecule has 0 unspecified atom stereocenters. The lowest BCUT2D eigenvalue weighted by molar-refractivity contribution is 0.133. The van der Waals surface area contributed by atoms with Gasteiger partial charge in [0.05, 0.1) is 12.1 Å². The molecule has 0 heterocycles. The van der Waals surface area contributed by atoms with Gasteiger partial charge in [-0.25, -0.2) is 0 Å². The standard InChI is InChI=1S/C11H17NO3.ClH/c1-2-3-9(14)11(12)8-5-4-7(13)6-10(8)15;/h4-6,9,11,13-15H,2-3,12H2,1H3;1H/t9-,11+;/m0./s1. The molecular formula is C11H18ClNO3. The molecule has 1 aromatic rings. The molecule has 0 saturated heterocycles. The monoisotopic (exact) mass is 247 g/mol. The zero-order valence-corrected chi connectivity index (χ0v) is 9.94. The van der Waals surface area contributed by atoms with Crippen LogP contribution in [0.1, 0.15) is 31.4 Å². The maximum absolute atomic E-state index is 9.67. The van der Waals surface area contributed by atoms with E-state index in [1.165, 1.54) is 18.2 Å². The number of hydrogen-bond acceptors (Lipinski definition) is 4. The van der Waals surface area contributed by atoms with Crippen LogP contribution in [-0.2, 0) is 0 Å². The van der Waals surface area contributed by atoms with Crippen molar-refractivity contribution in [2.45, 2.75) is 31.9 Å². The van der Waals surface area contributed by atoms with Gasteiger partial charge in [0.25, 0.3) is 0 Å². The van der Waals surface area contributed by atoms with Gasteiger partial charge in [-0.15, -0.1) is 12.4 Å². The minimum atomic E-state index is -0.676. The van der Waals surface area contributed by atoms with Crippen LogP contribution in [0, 0.1) is 0 Å². The molecule has 0 aliphatic heterocycles. The van der Waals surface area contributed by atoms with Gasteiger partial charge in [0, 0.05) is 11.6 Å². The average molecular weight is 248 g/mol.